The van der Waals surface area contributed by atoms with Gasteiger partial charge in [0.05, 0.1) is 22.1 Å². The normalized spacial score (nSPS) is 12.1. The van der Waals surface area contributed by atoms with Crippen LogP contribution in [0.2, 0.25) is 5.02 Å². The molecule has 0 radical (unpaired) electrons. The number of rotatable bonds is 6. The van der Waals surface area contributed by atoms with Gasteiger partial charge in [-0.3, -0.25) is 4.79 Å². The van der Waals surface area contributed by atoms with Crippen molar-refractivity contribution in [3.05, 3.63) is 69.7 Å². The molecule has 0 aliphatic heterocycles. The summed E-state index contributed by atoms with van der Waals surface area (Å²) in [5.74, 6) is -0.163. The summed E-state index contributed by atoms with van der Waals surface area (Å²) in [6.07, 6.45) is 5.06. The molecule has 0 bridgehead atoms. The zero-order valence-corrected chi connectivity index (χ0v) is 17.4. The second-order valence-corrected chi connectivity index (χ2v) is 8.39. The van der Waals surface area contributed by atoms with E-state index < -0.39 is 10.0 Å². The molecule has 2 aromatic carbocycles. The van der Waals surface area contributed by atoms with Gasteiger partial charge in [-0.25, -0.2) is 18.5 Å². The molecule has 3 rings (SSSR count). The molecule has 0 saturated heterocycles. The molecule has 7 nitrogen and oxygen atoms in total. The van der Waals surface area contributed by atoms with E-state index in [9.17, 15) is 18.0 Å². The summed E-state index contributed by atoms with van der Waals surface area (Å²) in [5.41, 5.74) is 1.33. The fourth-order valence-electron chi connectivity index (χ4n) is 2.68. The van der Waals surface area contributed by atoms with Crippen molar-refractivity contribution in [3.8, 4) is 0 Å². The topological polar surface area (TPSA) is 123 Å². The number of fused-ring (bicyclic) bond motifs is 1. The van der Waals surface area contributed by atoms with Crippen LogP contribution < -0.4 is 10.7 Å². The molecule has 1 unspecified atom stereocenters. The number of hydrogen-bond donors (Lipinski definition) is 2. The Bertz CT molecular complexity index is 1130. The van der Waals surface area contributed by atoms with E-state index in [0.717, 1.165) is 31.1 Å². The number of sulfonamides is 1. The molecule has 1 aromatic heterocycles. The summed E-state index contributed by atoms with van der Waals surface area (Å²) in [5, 5.41) is 6.06. The molecule has 0 aliphatic carbocycles. The molecule has 0 fully saturated rings. The molecule has 0 aliphatic rings. The predicted molar refractivity (Wildman–Crippen MR) is 114 cm³/mol. The van der Waals surface area contributed by atoms with Crippen molar-refractivity contribution in [2.24, 2.45) is 5.14 Å². The van der Waals surface area contributed by atoms with Crippen molar-refractivity contribution in [2.45, 2.75) is 37.0 Å². The molecular weight excluding hydrogens is 414 g/mol. The van der Waals surface area contributed by atoms with Crippen LogP contribution in [-0.4, -0.2) is 24.7 Å². The van der Waals surface area contributed by atoms with Gasteiger partial charge in [0.15, 0.2) is 0 Å². The van der Waals surface area contributed by atoms with E-state index in [-0.39, 0.29) is 16.4 Å². The third-order valence-corrected chi connectivity index (χ3v) is 5.44. The van der Waals surface area contributed by atoms with Crippen molar-refractivity contribution in [1.82, 2.24) is 9.97 Å². The van der Waals surface area contributed by atoms with Crippen LogP contribution in [-0.2, 0) is 14.8 Å². The third kappa shape index (κ3) is 6.49. The Morgan fingerprint density at radius 3 is 2.48 bits per heavy atom. The first-order chi connectivity index (χ1) is 13.8. The molecule has 9 heteroatoms. The Labute approximate surface area is 174 Å². The van der Waals surface area contributed by atoms with E-state index in [1.807, 2.05) is 0 Å². The molecule has 0 saturated carbocycles. The second-order valence-electron chi connectivity index (χ2n) is 6.39. The number of carbonyl (C=O) groups is 1. The highest BCUT2D eigenvalue weighted by Gasteiger charge is 2.12. The van der Waals surface area contributed by atoms with Gasteiger partial charge in [0, 0.05) is 10.9 Å². The molecule has 1 heterocycles. The van der Waals surface area contributed by atoms with E-state index >= 15 is 0 Å². The SMILES string of the molecule is CCCCC(C=O)c1ccc(S(N)(=O)=O)cc1.O=c1[nH]cnc2ccc(Cl)cc12. The number of hydrogen-bond acceptors (Lipinski definition) is 5. The summed E-state index contributed by atoms with van der Waals surface area (Å²) in [6.45, 7) is 2.06. The number of aldehydes is 1. The van der Waals surface area contributed by atoms with Crippen LogP contribution in [0.4, 0.5) is 0 Å². The lowest BCUT2D eigenvalue weighted by Crippen LogP contribution is -2.12. The number of aromatic amines is 1. The van der Waals surface area contributed by atoms with Crippen molar-refractivity contribution in [2.75, 3.05) is 0 Å². The maximum atomic E-state index is 11.2. The largest absolute Gasteiger partial charge is 0.313 e. The molecule has 154 valence electrons. The monoisotopic (exact) mass is 435 g/mol. The smallest absolute Gasteiger partial charge is 0.258 e. The molecule has 1 atom stereocenters. The van der Waals surface area contributed by atoms with Crippen LogP contribution in [0.15, 0.2) is 58.5 Å². The van der Waals surface area contributed by atoms with E-state index in [1.54, 1.807) is 30.3 Å². The summed E-state index contributed by atoms with van der Waals surface area (Å²) in [6, 6.07) is 11.2. The standard InChI is InChI=1S/C12H17NO3S.C8H5ClN2O/c1-2-3-4-11(9-14)10-5-7-12(8-6-10)17(13,15)16;9-5-1-2-7-6(3-5)8(12)11-4-10-7/h5-9,11H,2-4H2,1H3,(H2,13,15,16);1-4H,(H,10,11,12). The second kappa shape index (κ2) is 10.3. The van der Waals surface area contributed by atoms with E-state index in [4.69, 9.17) is 16.7 Å². The quantitative estimate of drug-likeness (QED) is 0.574. The van der Waals surface area contributed by atoms with Crippen LogP contribution in [0.5, 0.6) is 0 Å². The Kier molecular flexibility index (Phi) is 8.07. The number of nitrogens with two attached hydrogens (primary N) is 1. The first-order valence-electron chi connectivity index (χ1n) is 8.97. The van der Waals surface area contributed by atoms with Gasteiger partial charge in [-0.1, -0.05) is 43.5 Å². The minimum Gasteiger partial charge on any atom is -0.313 e. The Morgan fingerprint density at radius 1 is 1.21 bits per heavy atom. The first-order valence-corrected chi connectivity index (χ1v) is 10.9. The highest BCUT2D eigenvalue weighted by atomic mass is 35.5. The zero-order valence-electron chi connectivity index (χ0n) is 15.8. The van der Waals surface area contributed by atoms with Gasteiger partial charge < -0.3 is 9.78 Å². The van der Waals surface area contributed by atoms with Crippen LogP contribution in [0.1, 0.15) is 37.7 Å². The minimum absolute atomic E-state index is 0.0707. The highest BCUT2D eigenvalue weighted by Crippen LogP contribution is 2.21. The molecule has 29 heavy (non-hydrogen) atoms. The average molecular weight is 436 g/mol. The van der Waals surface area contributed by atoms with Gasteiger partial charge in [0.1, 0.15) is 6.29 Å². The van der Waals surface area contributed by atoms with E-state index in [2.05, 4.69) is 16.9 Å². The lowest BCUT2D eigenvalue weighted by molar-refractivity contribution is -0.109. The summed E-state index contributed by atoms with van der Waals surface area (Å²) in [4.78, 5) is 28.6. The summed E-state index contributed by atoms with van der Waals surface area (Å²) >= 11 is 5.71. The Hall–Kier alpha value is -2.55. The van der Waals surface area contributed by atoms with Crippen molar-refractivity contribution in [3.63, 3.8) is 0 Å². The predicted octanol–water partition coefficient (Wildman–Crippen LogP) is 3.38. The number of unbranched alkanes of at least 4 members (excludes halogenated alkanes) is 1. The summed E-state index contributed by atoms with van der Waals surface area (Å²) in [7, 11) is -3.66. The van der Waals surface area contributed by atoms with Gasteiger partial charge in [0.25, 0.3) is 5.56 Å². The molecule has 3 N–H and O–H groups in total. The minimum atomic E-state index is -3.66. The van der Waals surface area contributed by atoms with Gasteiger partial charge in [-0.15, -0.1) is 0 Å². The number of H-pyrrole nitrogens is 1. The van der Waals surface area contributed by atoms with Crippen LogP contribution >= 0.6 is 11.6 Å². The number of primary sulfonamides is 1. The van der Waals surface area contributed by atoms with Crippen molar-refractivity contribution in [1.29, 1.82) is 0 Å². The third-order valence-electron chi connectivity index (χ3n) is 4.27. The fraction of sp³-hybridized carbons (Fsp3) is 0.250. The number of benzene rings is 2. The molecule has 0 amide bonds. The highest BCUT2D eigenvalue weighted by molar-refractivity contribution is 7.89. The molecular formula is C20H22ClN3O4S. The van der Waals surface area contributed by atoms with Gasteiger partial charge in [-0.05, 0) is 42.3 Å². The fourth-order valence-corrected chi connectivity index (χ4v) is 3.37. The zero-order chi connectivity index (χ0) is 21.4. The average Bonchev–Trinajstić information content (AvgIpc) is 2.69. The van der Waals surface area contributed by atoms with Crippen LogP contribution in [0.25, 0.3) is 10.9 Å². The molecule has 3 aromatic rings. The van der Waals surface area contributed by atoms with Crippen LogP contribution in [0, 0.1) is 0 Å². The van der Waals surface area contributed by atoms with Gasteiger partial charge >= 0.3 is 0 Å². The summed E-state index contributed by atoms with van der Waals surface area (Å²) < 4.78 is 22.1. The van der Waals surface area contributed by atoms with Crippen molar-refractivity contribution >= 4 is 38.8 Å². The van der Waals surface area contributed by atoms with E-state index in [0.29, 0.717) is 15.9 Å². The number of nitrogens with one attached hydrogen (secondary N) is 1. The lowest BCUT2D eigenvalue weighted by atomic mass is 9.95. The van der Waals surface area contributed by atoms with E-state index in [1.165, 1.54) is 18.5 Å². The lowest BCUT2D eigenvalue weighted by Gasteiger charge is -2.10. The maximum absolute atomic E-state index is 11.2. The number of nitrogens with zero attached hydrogens (tertiary/aromatic N) is 1. The van der Waals surface area contributed by atoms with Gasteiger partial charge in [0.2, 0.25) is 10.0 Å². The number of aromatic nitrogens is 2. The maximum Gasteiger partial charge on any atom is 0.258 e. The van der Waals surface area contributed by atoms with Crippen LogP contribution in [0.3, 0.4) is 0 Å². The van der Waals surface area contributed by atoms with Gasteiger partial charge in [-0.2, -0.15) is 0 Å². The Morgan fingerprint density at radius 2 is 1.90 bits per heavy atom. The molecule has 0 spiro atoms. The number of carbonyl (C=O) groups excluding carboxylic acids is 1. The van der Waals surface area contributed by atoms with Crippen molar-refractivity contribution < 1.29 is 13.2 Å². The number of halogens is 1. The Balaban J connectivity index is 0.000000218. The first kappa shape index (κ1) is 22.7.